The zero-order valence-corrected chi connectivity index (χ0v) is 9.45. The molecule has 0 amide bonds. The predicted octanol–water partition coefficient (Wildman–Crippen LogP) is 3.24. The van der Waals surface area contributed by atoms with Crippen LogP contribution in [0.4, 0.5) is 0 Å². The topological polar surface area (TPSA) is 22.0 Å². The maximum Gasteiger partial charge on any atom is 0.258 e. The smallest absolute Gasteiger partial charge is 0.258 e. The number of hydrogen-bond donors (Lipinski definition) is 0. The van der Waals surface area contributed by atoms with Gasteiger partial charge in [0, 0.05) is 22.6 Å². The van der Waals surface area contributed by atoms with E-state index in [1.807, 2.05) is 32.2 Å². The van der Waals surface area contributed by atoms with Crippen molar-refractivity contribution in [3.8, 4) is 0 Å². The van der Waals surface area contributed by atoms with E-state index in [1.54, 1.807) is 16.7 Å². The molecule has 0 bridgehead atoms. The number of hydrogen-bond acceptors (Lipinski definition) is 1. The number of nitrogens with zero attached hydrogens (tertiary/aromatic N) is 1. The minimum absolute atomic E-state index is 0.0185. The normalized spacial score (nSPS) is 11.2. The molecule has 78 valence electrons. The average Bonchev–Trinajstić information content (AvgIpc) is 2.19. The van der Waals surface area contributed by atoms with Crippen molar-refractivity contribution in [2.75, 3.05) is 0 Å². The molecule has 0 saturated heterocycles. The fraction of sp³-hybridized carbons (Fsp3) is 0.250. The third-order valence-corrected chi connectivity index (χ3v) is 2.69. The van der Waals surface area contributed by atoms with Gasteiger partial charge in [-0.25, -0.2) is 0 Å². The van der Waals surface area contributed by atoms with Gasteiger partial charge in [0.15, 0.2) is 0 Å². The Labute approximate surface area is 93.1 Å². The molecule has 2 nitrogen and oxygen atoms in total. The van der Waals surface area contributed by atoms with E-state index in [-0.39, 0.29) is 11.6 Å². The molecule has 2 aromatic rings. The zero-order valence-electron chi connectivity index (χ0n) is 8.70. The van der Waals surface area contributed by atoms with Gasteiger partial charge in [-0.15, -0.1) is 0 Å². The van der Waals surface area contributed by atoms with E-state index >= 15 is 0 Å². The summed E-state index contributed by atoms with van der Waals surface area (Å²) in [7, 11) is 0. The summed E-state index contributed by atoms with van der Waals surface area (Å²) in [5.74, 6) is 0. The fourth-order valence-corrected chi connectivity index (χ4v) is 1.81. The quantitative estimate of drug-likeness (QED) is 0.725. The first kappa shape index (κ1) is 10.2. The second kappa shape index (κ2) is 3.70. The van der Waals surface area contributed by atoms with Crippen LogP contribution in [0.15, 0.2) is 35.3 Å². The van der Waals surface area contributed by atoms with Crippen LogP contribution >= 0.6 is 11.6 Å². The number of fused-ring (bicyclic) bond motifs is 1. The van der Waals surface area contributed by atoms with Crippen molar-refractivity contribution in [3.63, 3.8) is 0 Å². The van der Waals surface area contributed by atoms with Gasteiger partial charge in [0.25, 0.3) is 5.56 Å². The van der Waals surface area contributed by atoms with Gasteiger partial charge in [0.05, 0.1) is 0 Å². The molecule has 0 aliphatic rings. The summed E-state index contributed by atoms with van der Waals surface area (Å²) in [5.41, 5.74) is 0.0185. The molecule has 1 aromatic carbocycles. The van der Waals surface area contributed by atoms with E-state index in [0.717, 1.165) is 5.39 Å². The van der Waals surface area contributed by atoms with E-state index in [4.69, 9.17) is 11.6 Å². The van der Waals surface area contributed by atoms with Gasteiger partial charge in [0.1, 0.15) is 0 Å². The molecular weight excluding hydrogens is 210 g/mol. The third kappa shape index (κ3) is 1.77. The third-order valence-electron chi connectivity index (χ3n) is 2.45. The second-order valence-corrected chi connectivity index (χ2v) is 4.29. The van der Waals surface area contributed by atoms with E-state index in [2.05, 4.69) is 0 Å². The minimum Gasteiger partial charge on any atom is -0.312 e. The monoisotopic (exact) mass is 221 g/mol. The Morgan fingerprint density at radius 2 is 2.00 bits per heavy atom. The van der Waals surface area contributed by atoms with Gasteiger partial charge in [-0.1, -0.05) is 17.7 Å². The molecule has 0 atom stereocenters. The lowest BCUT2D eigenvalue weighted by Crippen LogP contribution is -2.20. The number of rotatable bonds is 1. The fourth-order valence-electron chi connectivity index (χ4n) is 1.63. The molecule has 0 N–H and O–H groups in total. The Morgan fingerprint density at radius 3 is 2.67 bits per heavy atom. The zero-order chi connectivity index (χ0) is 11.0. The second-order valence-electron chi connectivity index (χ2n) is 3.85. The molecule has 0 fully saturated rings. The van der Waals surface area contributed by atoms with Gasteiger partial charge in [-0.2, -0.15) is 0 Å². The Bertz CT molecular complexity index is 557. The molecular formula is C12H12ClNO. The first-order chi connectivity index (χ1) is 7.09. The van der Waals surface area contributed by atoms with Crippen LogP contribution in [0.2, 0.25) is 5.02 Å². The van der Waals surface area contributed by atoms with Crippen molar-refractivity contribution in [1.82, 2.24) is 4.57 Å². The van der Waals surface area contributed by atoms with E-state index in [9.17, 15) is 4.79 Å². The highest BCUT2D eigenvalue weighted by atomic mass is 35.5. The first-order valence-electron chi connectivity index (χ1n) is 4.90. The molecule has 1 heterocycles. The summed E-state index contributed by atoms with van der Waals surface area (Å²) >= 11 is 5.87. The molecule has 15 heavy (non-hydrogen) atoms. The van der Waals surface area contributed by atoms with Crippen LogP contribution < -0.4 is 5.56 Å². The molecule has 3 heteroatoms. The summed E-state index contributed by atoms with van der Waals surface area (Å²) in [6.07, 6.45) is 1.82. The summed E-state index contributed by atoms with van der Waals surface area (Å²) < 4.78 is 1.71. The van der Waals surface area contributed by atoms with Crippen molar-refractivity contribution in [3.05, 3.63) is 45.8 Å². The van der Waals surface area contributed by atoms with Crippen LogP contribution in [0.3, 0.4) is 0 Å². The number of benzene rings is 1. The maximum atomic E-state index is 12.0. The molecule has 0 saturated carbocycles. The highest BCUT2D eigenvalue weighted by Crippen LogP contribution is 2.16. The predicted molar refractivity (Wildman–Crippen MR) is 63.6 cm³/mol. The van der Waals surface area contributed by atoms with Crippen molar-refractivity contribution >= 4 is 22.4 Å². The van der Waals surface area contributed by atoms with E-state index < -0.39 is 0 Å². The van der Waals surface area contributed by atoms with Gasteiger partial charge < -0.3 is 4.57 Å². The molecule has 0 radical (unpaired) electrons. The van der Waals surface area contributed by atoms with Gasteiger partial charge in [-0.05, 0) is 37.4 Å². The van der Waals surface area contributed by atoms with Gasteiger partial charge >= 0.3 is 0 Å². The standard InChI is InChI=1S/C12H12ClNO/c1-8(2)14-6-5-9-3-4-10(13)7-11(9)12(14)15/h3-8H,1-2H3. The number of pyridine rings is 1. The van der Waals surface area contributed by atoms with Crippen LogP contribution in [-0.4, -0.2) is 4.57 Å². The lowest BCUT2D eigenvalue weighted by molar-refractivity contribution is 0.583. The number of aromatic nitrogens is 1. The lowest BCUT2D eigenvalue weighted by Gasteiger charge is -2.10. The van der Waals surface area contributed by atoms with E-state index in [0.29, 0.717) is 10.4 Å². The first-order valence-corrected chi connectivity index (χ1v) is 5.28. The van der Waals surface area contributed by atoms with Crippen LogP contribution in [0, 0.1) is 0 Å². The SMILES string of the molecule is CC(C)n1ccc2ccc(Cl)cc2c1=O. The molecule has 0 spiro atoms. The summed E-state index contributed by atoms with van der Waals surface area (Å²) in [5, 5.41) is 2.21. The van der Waals surface area contributed by atoms with Gasteiger partial charge in [-0.3, -0.25) is 4.79 Å². The van der Waals surface area contributed by atoms with Crippen LogP contribution in [-0.2, 0) is 0 Å². The summed E-state index contributed by atoms with van der Waals surface area (Å²) in [6, 6.07) is 7.48. The van der Waals surface area contributed by atoms with Crippen molar-refractivity contribution in [1.29, 1.82) is 0 Å². The van der Waals surface area contributed by atoms with Crippen LogP contribution in [0.5, 0.6) is 0 Å². The van der Waals surface area contributed by atoms with Crippen LogP contribution in [0.25, 0.3) is 10.8 Å². The molecule has 0 aliphatic heterocycles. The largest absolute Gasteiger partial charge is 0.312 e. The van der Waals surface area contributed by atoms with Gasteiger partial charge in [0.2, 0.25) is 0 Å². The Morgan fingerprint density at radius 1 is 1.27 bits per heavy atom. The molecule has 1 aromatic heterocycles. The van der Waals surface area contributed by atoms with Crippen LogP contribution in [0.1, 0.15) is 19.9 Å². The van der Waals surface area contributed by atoms with Crippen molar-refractivity contribution < 1.29 is 0 Å². The Hall–Kier alpha value is -1.28. The highest BCUT2D eigenvalue weighted by molar-refractivity contribution is 6.31. The van der Waals surface area contributed by atoms with E-state index in [1.165, 1.54) is 0 Å². The summed E-state index contributed by atoms with van der Waals surface area (Å²) in [4.78, 5) is 12.0. The van der Waals surface area contributed by atoms with Crippen molar-refractivity contribution in [2.45, 2.75) is 19.9 Å². The Balaban J connectivity index is 2.83. The highest BCUT2D eigenvalue weighted by Gasteiger charge is 2.05. The lowest BCUT2D eigenvalue weighted by atomic mass is 10.1. The minimum atomic E-state index is 0.0185. The molecule has 2 rings (SSSR count). The van der Waals surface area contributed by atoms with Crippen molar-refractivity contribution in [2.24, 2.45) is 0 Å². The number of halogens is 1. The maximum absolute atomic E-state index is 12.0. The molecule has 0 aliphatic carbocycles. The Kier molecular flexibility index (Phi) is 2.53. The average molecular weight is 222 g/mol. The molecule has 0 unspecified atom stereocenters. The summed E-state index contributed by atoms with van der Waals surface area (Å²) in [6.45, 7) is 3.97.